The van der Waals surface area contributed by atoms with Crippen molar-refractivity contribution in [3.05, 3.63) is 34.9 Å². The van der Waals surface area contributed by atoms with Crippen molar-refractivity contribution < 1.29 is 14.3 Å². The molecule has 1 heterocycles. The smallest absolute Gasteiger partial charge is 0.318 e. The summed E-state index contributed by atoms with van der Waals surface area (Å²) in [6, 6.07) is 6.16. The van der Waals surface area contributed by atoms with Crippen molar-refractivity contribution in [2.24, 2.45) is 5.73 Å². The molecule has 2 rings (SSSR count). The molecule has 3 amide bonds. The molecule has 1 aliphatic heterocycles. The highest BCUT2D eigenvalue weighted by Crippen LogP contribution is 2.28. The highest BCUT2D eigenvalue weighted by Gasteiger charge is 2.29. The lowest BCUT2D eigenvalue weighted by Gasteiger charge is -2.36. The van der Waals surface area contributed by atoms with Gasteiger partial charge >= 0.3 is 6.03 Å². The van der Waals surface area contributed by atoms with Crippen LogP contribution in [0.25, 0.3) is 0 Å². The van der Waals surface area contributed by atoms with Gasteiger partial charge in [-0.1, -0.05) is 29.8 Å². The van der Waals surface area contributed by atoms with Crippen molar-refractivity contribution in [2.75, 3.05) is 19.7 Å². The quantitative estimate of drug-likeness (QED) is 0.881. The van der Waals surface area contributed by atoms with Crippen LogP contribution in [-0.4, -0.2) is 42.6 Å². The highest BCUT2D eigenvalue weighted by atomic mass is 35.5. The van der Waals surface area contributed by atoms with E-state index in [-0.39, 0.29) is 6.10 Å². The van der Waals surface area contributed by atoms with Crippen LogP contribution in [0.1, 0.15) is 18.6 Å². The maximum absolute atomic E-state index is 11.8. The van der Waals surface area contributed by atoms with Crippen LogP contribution in [0.2, 0.25) is 5.02 Å². The van der Waals surface area contributed by atoms with E-state index in [0.29, 0.717) is 24.7 Å². The molecule has 1 aliphatic rings. The first-order valence-electron chi connectivity index (χ1n) is 6.69. The summed E-state index contributed by atoms with van der Waals surface area (Å²) >= 11 is 6.18. The predicted octanol–water partition coefficient (Wildman–Crippen LogP) is 1.30. The maximum Gasteiger partial charge on any atom is 0.318 e. The van der Waals surface area contributed by atoms with Crippen LogP contribution < -0.4 is 11.1 Å². The van der Waals surface area contributed by atoms with Gasteiger partial charge in [0.05, 0.1) is 18.8 Å². The average molecular weight is 312 g/mol. The van der Waals surface area contributed by atoms with Gasteiger partial charge in [-0.25, -0.2) is 4.79 Å². The molecule has 114 valence electrons. The number of morpholine rings is 1. The third-order valence-corrected chi connectivity index (χ3v) is 3.87. The summed E-state index contributed by atoms with van der Waals surface area (Å²) in [4.78, 5) is 24.5. The highest BCUT2D eigenvalue weighted by molar-refractivity contribution is 6.31. The summed E-state index contributed by atoms with van der Waals surface area (Å²) in [5, 5.41) is 2.73. The lowest BCUT2D eigenvalue weighted by Crippen LogP contribution is -2.52. The van der Waals surface area contributed by atoms with E-state index in [0.717, 1.165) is 5.56 Å². The van der Waals surface area contributed by atoms with Crippen molar-refractivity contribution in [1.29, 1.82) is 0 Å². The Bertz CT molecular complexity index is 538. The molecule has 6 nitrogen and oxygen atoms in total. The van der Waals surface area contributed by atoms with Crippen molar-refractivity contribution in [2.45, 2.75) is 19.1 Å². The van der Waals surface area contributed by atoms with Crippen LogP contribution in [0.3, 0.4) is 0 Å². The van der Waals surface area contributed by atoms with E-state index in [1.807, 2.05) is 29.2 Å². The van der Waals surface area contributed by atoms with E-state index in [1.165, 1.54) is 0 Å². The fourth-order valence-corrected chi connectivity index (χ4v) is 2.59. The second-order valence-electron chi connectivity index (χ2n) is 4.91. The number of urea groups is 1. The summed E-state index contributed by atoms with van der Waals surface area (Å²) < 4.78 is 5.74. The van der Waals surface area contributed by atoms with Crippen LogP contribution in [0.15, 0.2) is 24.3 Å². The Hall–Kier alpha value is -1.63. The number of imide groups is 1. The van der Waals surface area contributed by atoms with Gasteiger partial charge in [0.2, 0.25) is 5.91 Å². The Morgan fingerprint density at radius 2 is 2.19 bits per heavy atom. The molecule has 0 saturated carbocycles. The molecular formula is C14H18ClN3O3. The van der Waals surface area contributed by atoms with Crippen molar-refractivity contribution >= 4 is 23.5 Å². The number of carbonyl (C=O) groups excluding carboxylic acids is 2. The number of hydrogen-bond donors (Lipinski definition) is 2. The van der Waals surface area contributed by atoms with Crippen molar-refractivity contribution in [1.82, 2.24) is 10.2 Å². The van der Waals surface area contributed by atoms with Gasteiger partial charge in [-0.3, -0.25) is 15.0 Å². The van der Waals surface area contributed by atoms with Gasteiger partial charge in [0.15, 0.2) is 0 Å². The molecule has 1 aromatic carbocycles. The zero-order valence-electron chi connectivity index (χ0n) is 11.7. The predicted molar refractivity (Wildman–Crippen MR) is 78.9 cm³/mol. The summed E-state index contributed by atoms with van der Waals surface area (Å²) in [5.74, 6) is -0.415. The molecule has 1 fully saturated rings. The number of carbonyl (C=O) groups is 2. The fraction of sp³-hybridized carbons (Fsp3) is 0.429. The minimum Gasteiger partial charge on any atom is -0.371 e. The number of hydrogen-bond acceptors (Lipinski definition) is 4. The van der Waals surface area contributed by atoms with Crippen molar-refractivity contribution in [3.8, 4) is 0 Å². The maximum atomic E-state index is 11.8. The first-order valence-corrected chi connectivity index (χ1v) is 7.07. The molecule has 7 heteroatoms. The van der Waals surface area contributed by atoms with Gasteiger partial charge in [0.1, 0.15) is 0 Å². The Balaban J connectivity index is 2.05. The van der Waals surface area contributed by atoms with Crippen LogP contribution in [0.4, 0.5) is 4.79 Å². The lowest BCUT2D eigenvalue weighted by atomic mass is 10.1. The molecule has 21 heavy (non-hydrogen) atoms. The standard InChI is InChI=1S/C14H18ClN3O3/c1-9(13(19)17-14(16)20)18-6-7-21-12(8-18)10-4-2-3-5-11(10)15/h2-5,9,12H,6-8H2,1H3,(H3,16,17,19,20)/t9-,12+/m1/s1. The molecule has 0 radical (unpaired) electrons. The largest absolute Gasteiger partial charge is 0.371 e. The molecule has 0 aromatic heterocycles. The third-order valence-electron chi connectivity index (χ3n) is 3.52. The van der Waals surface area contributed by atoms with Crippen LogP contribution in [0, 0.1) is 0 Å². The number of nitrogens with two attached hydrogens (primary N) is 1. The van der Waals surface area contributed by atoms with Crippen LogP contribution >= 0.6 is 11.6 Å². The Kier molecular flexibility index (Phi) is 5.17. The molecule has 2 atom stereocenters. The van der Waals surface area contributed by atoms with E-state index in [4.69, 9.17) is 22.1 Å². The molecule has 1 saturated heterocycles. The number of ether oxygens (including phenoxy) is 1. The minimum absolute atomic E-state index is 0.198. The second-order valence-corrected chi connectivity index (χ2v) is 5.31. The third kappa shape index (κ3) is 3.93. The number of halogens is 1. The summed E-state index contributed by atoms with van der Waals surface area (Å²) in [6.07, 6.45) is -0.198. The number of benzene rings is 1. The van der Waals surface area contributed by atoms with E-state index in [1.54, 1.807) is 6.92 Å². The number of nitrogens with one attached hydrogen (secondary N) is 1. The summed E-state index contributed by atoms with van der Waals surface area (Å²) in [5.41, 5.74) is 5.86. The Morgan fingerprint density at radius 1 is 1.48 bits per heavy atom. The number of rotatable bonds is 3. The summed E-state index contributed by atoms with van der Waals surface area (Å²) in [7, 11) is 0. The lowest BCUT2D eigenvalue weighted by molar-refractivity contribution is -0.128. The zero-order valence-corrected chi connectivity index (χ0v) is 12.5. The number of amides is 3. The fourth-order valence-electron chi connectivity index (χ4n) is 2.34. The van der Waals surface area contributed by atoms with Gasteiger partial charge in [-0.15, -0.1) is 0 Å². The SMILES string of the molecule is C[C@H](C(=O)NC(N)=O)N1CCO[C@H](c2ccccc2Cl)C1. The van der Waals surface area contributed by atoms with E-state index in [2.05, 4.69) is 5.32 Å². The van der Waals surface area contributed by atoms with Crippen LogP contribution in [0.5, 0.6) is 0 Å². The van der Waals surface area contributed by atoms with Gasteiger partial charge in [0.25, 0.3) is 0 Å². The average Bonchev–Trinajstić information content (AvgIpc) is 2.46. The topological polar surface area (TPSA) is 84.7 Å². The van der Waals surface area contributed by atoms with E-state index < -0.39 is 18.0 Å². The molecule has 0 bridgehead atoms. The molecule has 0 spiro atoms. The monoisotopic (exact) mass is 311 g/mol. The Labute approximate surface area is 128 Å². The number of nitrogens with zero attached hydrogens (tertiary/aromatic N) is 1. The first kappa shape index (κ1) is 15.8. The van der Waals surface area contributed by atoms with E-state index >= 15 is 0 Å². The summed E-state index contributed by atoms with van der Waals surface area (Å²) in [6.45, 7) is 3.35. The Morgan fingerprint density at radius 3 is 2.86 bits per heavy atom. The molecule has 0 aliphatic carbocycles. The van der Waals surface area contributed by atoms with Crippen LogP contribution in [-0.2, 0) is 9.53 Å². The zero-order chi connectivity index (χ0) is 15.4. The molecule has 3 N–H and O–H groups in total. The van der Waals surface area contributed by atoms with Gasteiger partial charge < -0.3 is 10.5 Å². The second kappa shape index (κ2) is 6.89. The molecular weight excluding hydrogens is 294 g/mol. The first-order chi connectivity index (χ1) is 9.99. The normalized spacial score (nSPS) is 20.8. The number of primary amides is 1. The van der Waals surface area contributed by atoms with E-state index in [9.17, 15) is 9.59 Å². The molecule has 1 aromatic rings. The van der Waals surface area contributed by atoms with Gasteiger partial charge in [-0.2, -0.15) is 0 Å². The van der Waals surface area contributed by atoms with Gasteiger partial charge in [-0.05, 0) is 13.0 Å². The molecule has 0 unspecified atom stereocenters. The van der Waals surface area contributed by atoms with Gasteiger partial charge in [0, 0.05) is 23.7 Å². The van der Waals surface area contributed by atoms with Crippen molar-refractivity contribution in [3.63, 3.8) is 0 Å². The minimum atomic E-state index is -0.845.